The molecule has 0 bridgehead atoms. The van der Waals surface area contributed by atoms with Crippen molar-refractivity contribution < 1.29 is 23.0 Å². The van der Waals surface area contributed by atoms with Crippen molar-refractivity contribution in [2.24, 2.45) is 0 Å². The van der Waals surface area contributed by atoms with Crippen LogP contribution in [0.3, 0.4) is 0 Å². The number of nitriles is 1. The summed E-state index contributed by atoms with van der Waals surface area (Å²) in [5, 5.41) is 9.31. The summed E-state index contributed by atoms with van der Waals surface area (Å²) in [4.78, 5) is 11.6. The number of hydrogen-bond acceptors (Lipinski definition) is 4. The van der Waals surface area contributed by atoms with Gasteiger partial charge in [-0.1, -0.05) is 22.0 Å². The zero-order valence-corrected chi connectivity index (χ0v) is 11.5. The molecule has 1 aromatic rings. The van der Waals surface area contributed by atoms with Crippen LogP contribution in [-0.2, 0) is 10.1 Å². The van der Waals surface area contributed by atoms with Gasteiger partial charge in [-0.15, -0.1) is 0 Å². The molecular weight excluding hydrogens is 324 g/mol. The van der Waals surface area contributed by atoms with Crippen molar-refractivity contribution in [1.82, 2.24) is 0 Å². The normalized spacial score (nSPS) is 10.1. The molecule has 0 unspecified atom stereocenters. The number of carbonyl (C=O) groups excluding carboxylic acids is 1. The van der Waals surface area contributed by atoms with Crippen LogP contribution in [0.2, 0.25) is 0 Å². The van der Waals surface area contributed by atoms with Crippen LogP contribution in [0.5, 0.6) is 5.75 Å². The van der Waals surface area contributed by atoms with Crippen LogP contribution in [0.1, 0.15) is 28.4 Å². The molecule has 0 radical (unpaired) electrons. The summed E-state index contributed by atoms with van der Waals surface area (Å²) in [5.41, 5.74) is 0.150. The molecule has 1 rings (SSSR count). The third kappa shape index (κ3) is 3.64. The Bertz CT molecular complexity index is 514. The van der Waals surface area contributed by atoms with Gasteiger partial charge in [0, 0.05) is 5.33 Å². The Hall–Kier alpha value is -1.68. The van der Waals surface area contributed by atoms with E-state index < -0.39 is 18.3 Å². The van der Waals surface area contributed by atoms with E-state index in [-0.39, 0.29) is 23.1 Å². The Kier molecular flexibility index (Phi) is 5.70. The molecule has 0 atom stereocenters. The number of carbonyl (C=O) groups is 1. The Morgan fingerprint density at radius 2 is 2.21 bits per heavy atom. The molecule has 0 fully saturated rings. The average molecular weight is 334 g/mol. The summed E-state index contributed by atoms with van der Waals surface area (Å²) >= 11 is 3.13. The molecule has 19 heavy (non-hydrogen) atoms. The summed E-state index contributed by atoms with van der Waals surface area (Å²) in [6.45, 7) is -1.45. The lowest BCUT2D eigenvalue weighted by molar-refractivity contribution is -0.0506. The lowest BCUT2D eigenvalue weighted by Gasteiger charge is -2.13. The maximum atomic E-state index is 12.4. The van der Waals surface area contributed by atoms with Crippen molar-refractivity contribution in [2.75, 3.05) is 6.61 Å². The van der Waals surface area contributed by atoms with Crippen LogP contribution in [0.4, 0.5) is 8.78 Å². The predicted octanol–water partition coefficient (Wildman–Crippen LogP) is 3.23. The molecule has 0 saturated carbocycles. The molecule has 0 aromatic heterocycles. The van der Waals surface area contributed by atoms with E-state index in [1.807, 2.05) is 0 Å². The topological polar surface area (TPSA) is 59.3 Å². The lowest BCUT2D eigenvalue weighted by atomic mass is 10.0. The van der Waals surface area contributed by atoms with Crippen LogP contribution in [0.15, 0.2) is 12.1 Å². The maximum Gasteiger partial charge on any atom is 0.387 e. The number of esters is 1. The first kappa shape index (κ1) is 15.4. The minimum absolute atomic E-state index is 0.0923. The standard InChI is InChI=1S/C12H10BrF2NO3/c1-2-18-11(17)8-4-3-7(5-13)9(6-16)10(8)19-12(14)15/h3-4,12H,2,5H2,1H3. The minimum Gasteiger partial charge on any atom is -0.462 e. The fourth-order valence-electron chi connectivity index (χ4n) is 1.44. The first-order valence-electron chi connectivity index (χ1n) is 5.29. The smallest absolute Gasteiger partial charge is 0.387 e. The number of alkyl halides is 3. The van der Waals surface area contributed by atoms with Gasteiger partial charge >= 0.3 is 12.6 Å². The van der Waals surface area contributed by atoms with Crippen molar-refractivity contribution >= 4 is 21.9 Å². The highest BCUT2D eigenvalue weighted by molar-refractivity contribution is 9.08. The Labute approximate surface area is 117 Å². The molecule has 0 spiro atoms. The summed E-state index contributed by atoms with van der Waals surface area (Å²) < 4.78 is 33.9. The van der Waals surface area contributed by atoms with Crippen molar-refractivity contribution in [3.05, 3.63) is 28.8 Å². The van der Waals surface area contributed by atoms with Crippen LogP contribution in [0, 0.1) is 11.3 Å². The highest BCUT2D eigenvalue weighted by Gasteiger charge is 2.22. The molecule has 4 nitrogen and oxygen atoms in total. The summed E-state index contributed by atoms with van der Waals surface area (Å²) in [6, 6.07) is 4.54. The zero-order chi connectivity index (χ0) is 14.4. The van der Waals surface area contributed by atoms with Gasteiger partial charge in [-0.05, 0) is 18.6 Å². The highest BCUT2D eigenvalue weighted by Crippen LogP contribution is 2.30. The van der Waals surface area contributed by atoms with E-state index in [0.717, 1.165) is 0 Å². The van der Waals surface area contributed by atoms with E-state index >= 15 is 0 Å². The lowest BCUT2D eigenvalue weighted by Crippen LogP contribution is -2.12. The SMILES string of the molecule is CCOC(=O)c1ccc(CBr)c(C#N)c1OC(F)F. The second kappa shape index (κ2) is 7.04. The van der Waals surface area contributed by atoms with Gasteiger partial charge < -0.3 is 9.47 Å². The number of nitrogens with zero attached hydrogens (tertiary/aromatic N) is 1. The number of rotatable bonds is 5. The third-order valence-electron chi connectivity index (χ3n) is 2.20. The van der Waals surface area contributed by atoms with E-state index in [0.29, 0.717) is 5.56 Å². The quantitative estimate of drug-likeness (QED) is 0.613. The van der Waals surface area contributed by atoms with Crippen molar-refractivity contribution in [2.45, 2.75) is 18.9 Å². The predicted molar refractivity (Wildman–Crippen MR) is 66.4 cm³/mol. The molecule has 0 aliphatic carbocycles. The Balaban J connectivity index is 3.38. The fraction of sp³-hybridized carbons (Fsp3) is 0.333. The van der Waals surface area contributed by atoms with Crippen LogP contribution in [-0.4, -0.2) is 19.2 Å². The highest BCUT2D eigenvalue weighted by atomic mass is 79.9. The van der Waals surface area contributed by atoms with Gasteiger partial charge in [-0.3, -0.25) is 0 Å². The van der Waals surface area contributed by atoms with Gasteiger partial charge in [-0.25, -0.2) is 4.79 Å². The van der Waals surface area contributed by atoms with E-state index in [1.54, 1.807) is 13.0 Å². The van der Waals surface area contributed by atoms with E-state index in [1.165, 1.54) is 12.1 Å². The number of hydrogen-bond donors (Lipinski definition) is 0. The molecule has 0 aliphatic rings. The molecule has 102 valence electrons. The van der Waals surface area contributed by atoms with Gasteiger partial charge in [-0.2, -0.15) is 14.0 Å². The molecular formula is C12H10BrF2NO3. The summed E-state index contributed by atoms with van der Waals surface area (Å²) in [6.07, 6.45) is 0. The van der Waals surface area contributed by atoms with Crippen molar-refractivity contribution in [3.63, 3.8) is 0 Å². The molecule has 7 heteroatoms. The van der Waals surface area contributed by atoms with Crippen LogP contribution in [0.25, 0.3) is 0 Å². The van der Waals surface area contributed by atoms with Gasteiger partial charge in [0.25, 0.3) is 0 Å². The van der Waals surface area contributed by atoms with Crippen molar-refractivity contribution in [3.8, 4) is 11.8 Å². The zero-order valence-electron chi connectivity index (χ0n) is 9.95. The van der Waals surface area contributed by atoms with E-state index in [4.69, 9.17) is 10.00 Å². The second-order valence-electron chi connectivity index (χ2n) is 3.32. The van der Waals surface area contributed by atoms with Gasteiger partial charge in [0.05, 0.1) is 12.2 Å². The van der Waals surface area contributed by atoms with Crippen LogP contribution < -0.4 is 4.74 Å². The minimum atomic E-state index is -3.13. The van der Waals surface area contributed by atoms with Gasteiger partial charge in [0.15, 0.2) is 5.75 Å². The third-order valence-corrected chi connectivity index (χ3v) is 2.81. The number of halogens is 3. The summed E-state index contributed by atoms with van der Waals surface area (Å²) in [5.74, 6) is -1.26. The molecule has 1 aromatic carbocycles. The second-order valence-corrected chi connectivity index (χ2v) is 3.88. The van der Waals surface area contributed by atoms with Gasteiger partial charge in [0.1, 0.15) is 11.6 Å². The van der Waals surface area contributed by atoms with E-state index in [9.17, 15) is 13.6 Å². The maximum absolute atomic E-state index is 12.4. The number of ether oxygens (including phenoxy) is 2. The largest absolute Gasteiger partial charge is 0.462 e. The average Bonchev–Trinajstić information content (AvgIpc) is 2.37. The van der Waals surface area contributed by atoms with E-state index in [2.05, 4.69) is 20.7 Å². The fourth-order valence-corrected chi connectivity index (χ4v) is 1.91. The molecule has 0 amide bonds. The van der Waals surface area contributed by atoms with Crippen molar-refractivity contribution in [1.29, 1.82) is 5.26 Å². The molecule has 0 heterocycles. The molecule has 0 saturated heterocycles. The first-order chi connectivity index (χ1) is 9.04. The monoisotopic (exact) mass is 333 g/mol. The molecule has 0 N–H and O–H groups in total. The van der Waals surface area contributed by atoms with Crippen LogP contribution >= 0.6 is 15.9 Å². The summed E-state index contributed by atoms with van der Waals surface area (Å²) in [7, 11) is 0. The first-order valence-corrected chi connectivity index (χ1v) is 6.41. The Morgan fingerprint density at radius 1 is 1.53 bits per heavy atom. The Morgan fingerprint density at radius 3 is 2.68 bits per heavy atom. The van der Waals surface area contributed by atoms with Gasteiger partial charge in [0.2, 0.25) is 0 Å². The molecule has 0 aliphatic heterocycles. The number of benzene rings is 1.